The molecule has 0 bridgehead atoms. The number of amides is 1. The first-order valence-electron chi connectivity index (χ1n) is 8.49. The van der Waals surface area contributed by atoms with Crippen molar-refractivity contribution in [3.05, 3.63) is 45.4 Å². The van der Waals surface area contributed by atoms with Crippen LogP contribution in [0.5, 0.6) is 0 Å². The molecule has 0 spiro atoms. The molecule has 0 aliphatic rings. The van der Waals surface area contributed by atoms with Crippen LogP contribution in [0.15, 0.2) is 24.3 Å². The van der Waals surface area contributed by atoms with E-state index in [1.54, 1.807) is 31.2 Å². The first kappa shape index (κ1) is 21.1. The maximum Gasteiger partial charge on any atom is 0.350 e. The molecular formula is C19H21ClN2O4S. The number of esters is 1. The Balaban J connectivity index is 1.88. The molecule has 0 aliphatic heterocycles. The predicted molar refractivity (Wildman–Crippen MR) is 106 cm³/mol. The summed E-state index contributed by atoms with van der Waals surface area (Å²) in [5.74, 6) is -0.695. The van der Waals surface area contributed by atoms with Gasteiger partial charge >= 0.3 is 5.97 Å². The second kappa shape index (κ2) is 9.62. The van der Waals surface area contributed by atoms with E-state index >= 15 is 0 Å². The van der Waals surface area contributed by atoms with Crippen LogP contribution in [0.3, 0.4) is 0 Å². The number of ketones is 1. The number of aryl methyl sites for hydroxylation is 1. The normalized spacial score (nSPS) is 10.7. The van der Waals surface area contributed by atoms with Crippen molar-refractivity contribution >= 4 is 45.7 Å². The molecule has 1 amide bonds. The Morgan fingerprint density at radius 1 is 1.19 bits per heavy atom. The molecule has 1 heterocycles. The average molecular weight is 409 g/mol. The summed E-state index contributed by atoms with van der Waals surface area (Å²) >= 11 is 6.85. The summed E-state index contributed by atoms with van der Waals surface area (Å²) < 4.78 is 5.19. The van der Waals surface area contributed by atoms with Gasteiger partial charge in [0.05, 0.1) is 12.3 Å². The van der Waals surface area contributed by atoms with Crippen molar-refractivity contribution in [1.29, 1.82) is 0 Å². The number of hydrogen-bond donors (Lipinski definition) is 1. The van der Waals surface area contributed by atoms with Crippen LogP contribution in [0, 0.1) is 12.8 Å². The smallest absolute Gasteiger partial charge is 0.350 e. The maximum atomic E-state index is 12.1. The fraction of sp³-hybridized carbons (Fsp3) is 0.368. The van der Waals surface area contributed by atoms with Crippen LogP contribution in [-0.4, -0.2) is 29.3 Å². The van der Waals surface area contributed by atoms with E-state index in [4.69, 9.17) is 16.3 Å². The van der Waals surface area contributed by atoms with Crippen molar-refractivity contribution in [2.45, 2.75) is 33.6 Å². The van der Waals surface area contributed by atoms with Crippen molar-refractivity contribution in [3.63, 3.8) is 0 Å². The zero-order valence-electron chi connectivity index (χ0n) is 15.4. The van der Waals surface area contributed by atoms with E-state index in [2.05, 4.69) is 10.3 Å². The molecule has 0 atom stereocenters. The van der Waals surface area contributed by atoms with Gasteiger partial charge in [0.2, 0.25) is 5.91 Å². The van der Waals surface area contributed by atoms with Gasteiger partial charge in [-0.15, -0.1) is 0 Å². The Hall–Kier alpha value is -2.25. The summed E-state index contributed by atoms with van der Waals surface area (Å²) in [7, 11) is 0. The third-order valence-electron chi connectivity index (χ3n) is 3.52. The van der Waals surface area contributed by atoms with Crippen molar-refractivity contribution in [2.24, 2.45) is 5.92 Å². The summed E-state index contributed by atoms with van der Waals surface area (Å²) in [6.45, 7) is 5.90. The number of aromatic nitrogens is 1. The minimum atomic E-state index is -0.447. The number of carbonyl (C=O) groups is 3. The number of ether oxygens (including phenoxy) is 1. The molecule has 0 saturated heterocycles. The monoisotopic (exact) mass is 408 g/mol. The Morgan fingerprint density at radius 3 is 2.48 bits per heavy atom. The third-order valence-corrected chi connectivity index (χ3v) is 4.83. The number of anilines is 1. The highest BCUT2D eigenvalue weighted by atomic mass is 35.5. The molecule has 8 heteroatoms. The van der Waals surface area contributed by atoms with E-state index in [9.17, 15) is 14.4 Å². The standard InChI is InChI=1S/C19H21ClN2O4S/c1-11(2)10-26-18(25)17-12(3)21-19(27-17)22-16(24)9-8-15(23)13-4-6-14(20)7-5-13/h4-7,11H,8-10H2,1-3H3,(H,21,22,24). The van der Waals surface area contributed by atoms with Crippen LogP contribution < -0.4 is 5.32 Å². The average Bonchev–Trinajstić information content (AvgIpc) is 2.98. The first-order chi connectivity index (χ1) is 12.8. The quantitative estimate of drug-likeness (QED) is 0.512. The predicted octanol–water partition coefficient (Wildman–Crippen LogP) is 4.52. The number of Topliss-reactive ketones (excluding diaryl/α,β-unsaturated/α-hetero) is 1. The summed E-state index contributed by atoms with van der Waals surface area (Å²) in [4.78, 5) is 40.8. The molecule has 0 unspecified atom stereocenters. The zero-order valence-corrected chi connectivity index (χ0v) is 16.9. The summed E-state index contributed by atoms with van der Waals surface area (Å²) in [6.07, 6.45) is 0.0916. The number of rotatable bonds is 8. The van der Waals surface area contributed by atoms with Crippen LogP contribution >= 0.6 is 22.9 Å². The molecule has 1 aromatic heterocycles. The van der Waals surface area contributed by atoms with Crippen LogP contribution in [0.4, 0.5) is 5.13 Å². The van der Waals surface area contributed by atoms with E-state index in [1.165, 1.54) is 0 Å². The first-order valence-corrected chi connectivity index (χ1v) is 9.69. The molecule has 6 nitrogen and oxygen atoms in total. The number of nitrogens with zero attached hydrogens (tertiary/aromatic N) is 1. The van der Waals surface area contributed by atoms with Gasteiger partial charge in [-0.05, 0) is 37.1 Å². The van der Waals surface area contributed by atoms with E-state index < -0.39 is 5.97 Å². The van der Waals surface area contributed by atoms with E-state index in [-0.39, 0.29) is 30.4 Å². The Morgan fingerprint density at radius 2 is 1.85 bits per heavy atom. The van der Waals surface area contributed by atoms with Crippen LogP contribution in [0.25, 0.3) is 0 Å². The largest absolute Gasteiger partial charge is 0.461 e. The molecule has 27 heavy (non-hydrogen) atoms. The lowest BCUT2D eigenvalue weighted by atomic mass is 10.1. The van der Waals surface area contributed by atoms with Crippen LogP contribution in [0.1, 0.15) is 52.4 Å². The van der Waals surface area contributed by atoms with Gasteiger partial charge in [-0.3, -0.25) is 9.59 Å². The summed E-state index contributed by atoms with van der Waals surface area (Å²) in [5.41, 5.74) is 1.01. The van der Waals surface area contributed by atoms with Gasteiger partial charge in [0.15, 0.2) is 10.9 Å². The van der Waals surface area contributed by atoms with Crippen molar-refractivity contribution in [2.75, 3.05) is 11.9 Å². The maximum absolute atomic E-state index is 12.1. The Bertz CT molecular complexity index is 831. The lowest BCUT2D eigenvalue weighted by Gasteiger charge is -2.05. The van der Waals surface area contributed by atoms with Gasteiger partial charge in [-0.1, -0.05) is 36.8 Å². The Labute approximate surface area is 166 Å². The highest BCUT2D eigenvalue weighted by Gasteiger charge is 2.18. The fourth-order valence-electron chi connectivity index (χ4n) is 2.14. The lowest BCUT2D eigenvalue weighted by molar-refractivity contribution is -0.116. The molecule has 0 fully saturated rings. The molecule has 2 aromatic rings. The molecule has 2 rings (SSSR count). The lowest BCUT2D eigenvalue weighted by Crippen LogP contribution is -2.13. The number of benzene rings is 1. The number of hydrogen-bond acceptors (Lipinski definition) is 6. The van der Waals surface area contributed by atoms with Gasteiger partial charge in [-0.2, -0.15) is 0 Å². The minimum Gasteiger partial charge on any atom is -0.461 e. The number of halogens is 1. The molecular weight excluding hydrogens is 388 g/mol. The van der Waals surface area contributed by atoms with Gasteiger partial charge in [0.25, 0.3) is 0 Å². The number of thiazole rings is 1. The highest BCUT2D eigenvalue weighted by molar-refractivity contribution is 7.17. The zero-order chi connectivity index (χ0) is 20.0. The minimum absolute atomic E-state index is 0.0210. The molecule has 1 aromatic carbocycles. The van der Waals surface area contributed by atoms with Gasteiger partial charge in [0, 0.05) is 23.4 Å². The van der Waals surface area contributed by atoms with E-state index in [0.29, 0.717) is 32.9 Å². The molecule has 0 radical (unpaired) electrons. The summed E-state index contributed by atoms with van der Waals surface area (Å²) in [5, 5.41) is 3.49. The van der Waals surface area contributed by atoms with Crippen molar-refractivity contribution in [3.8, 4) is 0 Å². The third kappa shape index (κ3) is 6.45. The van der Waals surface area contributed by atoms with Crippen LogP contribution in [0.2, 0.25) is 5.02 Å². The van der Waals surface area contributed by atoms with Crippen molar-refractivity contribution in [1.82, 2.24) is 4.98 Å². The van der Waals surface area contributed by atoms with Gasteiger partial charge in [0.1, 0.15) is 4.88 Å². The van der Waals surface area contributed by atoms with E-state index in [0.717, 1.165) is 11.3 Å². The summed E-state index contributed by atoms with van der Waals surface area (Å²) in [6, 6.07) is 6.52. The van der Waals surface area contributed by atoms with E-state index in [1.807, 2.05) is 13.8 Å². The van der Waals surface area contributed by atoms with Crippen LogP contribution in [-0.2, 0) is 9.53 Å². The van der Waals surface area contributed by atoms with Gasteiger partial charge < -0.3 is 10.1 Å². The van der Waals surface area contributed by atoms with Gasteiger partial charge in [-0.25, -0.2) is 9.78 Å². The second-order valence-corrected chi connectivity index (χ2v) is 7.84. The highest BCUT2D eigenvalue weighted by Crippen LogP contribution is 2.24. The number of nitrogens with one attached hydrogen (secondary N) is 1. The fourth-order valence-corrected chi connectivity index (χ4v) is 3.14. The molecule has 0 aliphatic carbocycles. The molecule has 1 N–H and O–H groups in total. The second-order valence-electron chi connectivity index (χ2n) is 6.40. The number of carbonyl (C=O) groups excluding carboxylic acids is 3. The molecule has 0 saturated carbocycles. The van der Waals surface area contributed by atoms with Crippen molar-refractivity contribution < 1.29 is 19.1 Å². The SMILES string of the molecule is Cc1nc(NC(=O)CCC(=O)c2ccc(Cl)cc2)sc1C(=O)OCC(C)C. The topological polar surface area (TPSA) is 85.4 Å². The molecule has 144 valence electrons. The Kier molecular flexibility index (Phi) is 7.50.